The molecule has 1 unspecified atom stereocenters. The number of nitrogens with zero attached hydrogens (tertiary/aromatic N) is 2. The van der Waals surface area contributed by atoms with Gasteiger partial charge in [0, 0.05) is 11.8 Å². The normalized spacial score (nSPS) is 12.2. The van der Waals surface area contributed by atoms with Gasteiger partial charge in [0.25, 0.3) is 0 Å². The number of thioether (sulfide) groups is 1. The number of halogens is 1. The minimum atomic E-state index is 0.183. The summed E-state index contributed by atoms with van der Waals surface area (Å²) >= 11 is 7.62. The van der Waals surface area contributed by atoms with E-state index in [0.29, 0.717) is 17.7 Å². The number of rotatable bonds is 6. The molecular formula is C10H14ClN3OS. The van der Waals surface area contributed by atoms with Gasteiger partial charge in [-0.1, -0.05) is 18.5 Å². The summed E-state index contributed by atoms with van der Waals surface area (Å²) in [7, 11) is 0. The van der Waals surface area contributed by atoms with Crippen molar-refractivity contribution in [1.82, 2.24) is 9.97 Å². The standard InChI is InChI=1S/C10H14ClN3OS/c1-3-16-5-7(2)14-10-8(4-15)9(11)12-6-13-10/h4,6-7H,3,5H2,1-2H3,(H,12,13,14). The third kappa shape index (κ3) is 3.64. The van der Waals surface area contributed by atoms with Crippen LogP contribution in [0.15, 0.2) is 6.33 Å². The molecule has 0 fully saturated rings. The van der Waals surface area contributed by atoms with E-state index in [1.165, 1.54) is 6.33 Å². The summed E-state index contributed by atoms with van der Waals surface area (Å²) in [5.41, 5.74) is 0.317. The van der Waals surface area contributed by atoms with E-state index in [0.717, 1.165) is 11.5 Å². The van der Waals surface area contributed by atoms with Crippen molar-refractivity contribution in [1.29, 1.82) is 0 Å². The highest BCUT2D eigenvalue weighted by Crippen LogP contribution is 2.18. The quantitative estimate of drug-likeness (QED) is 0.628. The van der Waals surface area contributed by atoms with Gasteiger partial charge < -0.3 is 5.32 Å². The minimum Gasteiger partial charge on any atom is -0.366 e. The molecule has 1 aromatic rings. The van der Waals surface area contributed by atoms with Crippen LogP contribution >= 0.6 is 23.4 Å². The Morgan fingerprint density at radius 3 is 3.00 bits per heavy atom. The molecule has 0 saturated carbocycles. The predicted octanol–water partition coefficient (Wildman–Crippen LogP) is 2.50. The van der Waals surface area contributed by atoms with Gasteiger partial charge in [-0.15, -0.1) is 0 Å². The summed E-state index contributed by atoms with van der Waals surface area (Å²) in [5, 5.41) is 3.33. The Hall–Kier alpha value is -0.810. The van der Waals surface area contributed by atoms with E-state index in [4.69, 9.17) is 11.6 Å². The monoisotopic (exact) mass is 259 g/mol. The zero-order valence-electron chi connectivity index (χ0n) is 9.24. The highest BCUT2D eigenvalue weighted by atomic mass is 35.5. The molecule has 1 heterocycles. The summed E-state index contributed by atoms with van der Waals surface area (Å²) in [6.07, 6.45) is 2.02. The molecule has 0 spiro atoms. The van der Waals surface area contributed by atoms with Crippen molar-refractivity contribution >= 4 is 35.5 Å². The second-order valence-corrected chi connectivity index (χ2v) is 4.93. The lowest BCUT2D eigenvalue weighted by molar-refractivity contribution is 0.112. The van der Waals surface area contributed by atoms with Crippen LogP contribution in [0.1, 0.15) is 24.2 Å². The average Bonchev–Trinajstić information content (AvgIpc) is 2.27. The first-order valence-corrected chi connectivity index (χ1v) is 6.52. The van der Waals surface area contributed by atoms with E-state index < -0.39 is 0 Å². The highest BCUT2D eigenvalue weighted by Gasteiger charge is 2.11. The largest absolute Gasteiger partial charge is 0.366 e. The van der Waals surface area contributed by atoms with E-state index in [1.807, 2.05) is 18.7 Å². The Morgan fingerprint density at radius 1 is 1.62 bits per heavy atom. The lowest BCUT2D eigenvalue weighted by atomic mass is 10.3. The third-order valence-electron chi connectivity index (χ3n) is 1.91. The van der Waals surface area contributed by atoms with Crippen LogP contribution in [0.2, 0.25) is 5.15 Å². The van der Waals surface area contributed by atoms with Crippen molar-refractivity contribution < 1.29 is 4.79 Å². The predicted molar refractivity (Wildman–Crippen MR) is 68.5 cm³/mol. The molecule has 88 valence electrons. The van der Waals surface area contributed by atoms with Crippen LogP contribution < -0.4 is 5.32 Å². The molecule has 4 nitrogen and oxygen atoms in total. The van der Waals surface area contributed by atoms with Crippen LogP contribution in [0.5, 0.6) is 0 Å². The van der Waals surface area contributed by atoms with Gasteiger partial charge in [-0.2, -0.15) is 11.8 Å². The van der Waals surface area contributed by atoms with E-state index in [-0.39, 0.29) is 11.2 Å². The highest BCUT2D eigenvalue weighted by molar-refractivity contribution is 7.99. The maximum atomic E-state index is 10.8. The minimum absolute atomic E-state index is 0.183. The molecule has 16 heavy (non-hydrogen) atoms. The van der Waals surface area contributed by atoms with Crippen molar-refractivity contribution in [3.8, 4) is 0 Å². The zero-order chi connectivity index (χ0) is 12.0. The van der Waals surface area contributed by atoms with Crippen molar-refractivity contribution in [2.45, 2.75) is 19.9 Å². The number of carbonyl (C=O) groups is 1. The number of nitrogens with one attached hydrogen (secondary N) is 1. The molecule has 1 aromatic heterocycles. The van der Waals surface area contributed by atoms with Gasteiger partial charge in [0.05, 0.1) is 5.56 Å². The lowest BCUT2D eigenvalue weighted by Crippen LogP contribution is -2.20. The second kappa shape index (κ2) is 6.70. The Kier molecular flexibility index (Phi) is 5.55. The van der Waals surface area contributed by atoms with E-state index in [1.54, 1.807) is 0 Å². The molecule has 0 aromatic carbocycles. The summed E-state index contributed by atoms with van der Waals surface area (Å²) in [5.74, 6) is 2.52. The number of aromatic nitrogens is 2. The van der Waals surface area contributed by atoms with Crippen LogP contribution in [0.25, 0.3) is 0 Å². The second-order valence-electron chi connectivity index (χ2n) is 3.25. The maximum Gasteiger partial charge on any atom is 0.156 e. The first-order valence-electron chi connectivity index (χ1n) is 4.99. The van der Waals surface area contributed by atoms with E-state index >= 15 is 0 Å². The zero-order valence-corrected chi connectivity index (χ0v) is 10.8. The molecule has 0 amide bonds. The third-order valence-corrected chi connectivity index (χ3v) is 3.35. The van der Waals surface area contributed by atoms with Crippen LogP contribution in [-0.2, 0) is 0 Å². The first-order chi connectivity index (χ1) is 7.69. The van der Waals surface area contributed by atoms with Gasteiger partial charge in [0.2, 0.25) is 0 Å². The van der Waals surface area contributed by atoms with Gasteiger partial charge in [0.1, 0.15) is 17.3 Å². The van der Waals surface area contributed by atoms with Gasteiger partial charge in [-0.25, -0.2) is 9.97 Å². The Morgan fingerprint density at radius 2 is 2.38 bits per heavy atom. The Balaban J connectivity index is 2.72. The number of aldehydes is 1. The van der Waals surface area contributed by atoms with Crippen molar-refractivity contribution in [2.75, 3.05) is 16.8 Å². The molecule has 1 atom stereocenters. The van der Waals surface area contributed by atoms with Crippen LogP contribution in [0.4, 0.5) is 5.82 Å². The summed E-state index contributed by atoms with van der Waals surface area (Å²) in [6, 6.07) is 0.231. The summed E-state index contributed by atoms with van der Waals surface area (Å²) in [6.45, 7) is 4.14. The number of hydrogen-bond donors (Lipinski definition) is 1. The fraction of sp³-hybridized carbons (Fsp3) is 0.500. The molecule has 0 bridgehead atoms. The molecule has 1 rings (SSSR count). The molecule has 0 aliphatic carbocycles. The van der Waals surface area contributed by atoms with Crippen LogP contribution in [-0.4, -0.2) is 33.8 Å². The molecular weight excluding hydrogens is 246 g/mol. The fourth-order valence-electron chi connectivity index (χ4n) is 1.16. The topological polar surface area (TPSA) is 54.9 Å². The maximum absolute atomic E-state index is 10.8. The number of carbonyl (C=O) groups excluding carboxylic acids is 1. The van der Waals surface area contributed by atoms with Gasteiger partial charge >= 0.3 is 0 Å². The van der Waals surface area contributed by atoms with Crippen molar-refractivity contribution in [2.24, 2.45) is 0 Å². The Labute approximate surface area is 104 Å². The average molecular weight is 260 g/mol. The molecule has 0 aliphatic heterocycles. The molecule has 0 saturated heterocycles. The smallest absolute Gasteiger partial charge is 0.156 e. The molecule has 0 radical (unpaired) electrons. The van der Waals surface area contributed by atoms with Crippen molar-refractivity contribution in [3.05, 3.63) is 17.0 Å². The van der Waals surface area contributed by atoms with Gasteiger partial charge in [-0.3, -0.25) is 4.79 Å². The summed E-state index contributed by atoms with van der Waals surface area (Å²) < 4.78 is 0. The number of anilines is 1. The molecule has 6 heteroatoms. The van der Waals surface area contributed by atoms with Gasteiger partial charge in [0.15, 0.2) is 6.29 Å². The van der Waals surface area contributed by atoms with Crippen LogP contribution in [0.3, 0.4) is 0 Å². The van der Waals surface area contributed by atoms with Crippen molar-refractivity contribution in [3.63, 3.8) is 0 Å². The van der Waals surface area contributed by atoms with Crippen LogP contribution in [0, 0.1) is 0 Å². The molecule has 0 aliphatic rings. The van der Waals surface area contributed by atoms with E-state index in [9.17, 15) is 4.79 Å². The van der Waals surface area contributed by atoms with Gasteiger partial charge in [-0.05, 0) is 12.7 Å². The SMILES string of the molecule is CCSCC(C)Nc1ncnc(Cl)c1C=O. The lowest BCUT2D eigenvalue weighted by Gasteiger charge is -2.14. The van der Waals surface area contributed by atoms with E-state index in [2.05, 4.69) is 22.2 Å². The first kappa shape index (κ1) is 13.3. The summed E-state index contributed by atoms with van der Waals surface area (Å²) in [4.78, 5) is 18.6. The number of hydrogen-bond acceptors (Lipinski definition) is 5. The fourth-order valence-corrected chi connectivity index (χ4v) is 2.01. The molecule has 1 N–H and O–H groups in total. The Bertz CT molecular complexity index is 362.